The quantitative estimate of drug-likeness (QED) is 0.732. The maximum absolute atomic E-state index is 5.97. The molecule has 2 heterocycles. The van der Waals surface area contributed by atoms with Crippen LogP contribution < -0.4 is 5.32 Å². The Morgan fingerprint density at radius 2 is 1.65 bits per heavy atom. The van der Waals surface area contributed by atoms with Gasteiger partial charge in [0, 0.05) is 23.7 Å². The van der Waals surface area contributed by atoms with E-state index in [9.17, 15) is 0 Å². The minimum Gasteiger partial charge on any atom is -0.316 e. The molecule has 0 saturated carbocycles. The molecule has 1 aliphatic heterocycles. The van der Waals surface area contributed by atoms with Gasteiger partial charge >= 0.3 is 0 Å². The van der Waals surface area contributed by atoms with Crippen LogP contribution in [0.3, 0.4) is 0 Å². The van der Waals surface area contributed by atoms with Crippen LogP contribution in [-0.2, 0) is 0 Å². The van der Waals surface area contributed by atoms with Crippen molar-refractivity contribution >= 4 is 22.6 Å². The van der Waals surface area contributed by atoms with E-state index in [0.717, 1.165) is 40.4 Å². The average Bonchev–Trinajstić information content (AvgIpc) is 2.83. The van der Waals surface area contributed by atoms with Crippen LogP contribution in [0.15, 0.2) is 42.6 Å². The lowest BCUT2D eigenvalue weighted by molar-refractivity contribution is 0.454. The van der Waals surface area contributed by atoms with E-state index in [2.05, 4.69) is 22.4 Å². The molecule has 0 amide bonds. The number of fused-ring (bicyclic) bond motifs is 6. The standard InChI is InChI=1S/C19H16ClN3/c20-14-3-1-11(2-4-14)19-10-22-17-6-15-12-5-13(9-21-8-12)16(15)7-18(17)23-19/h1-4,6-7,10,12-13,21H,5,8-9H2. The first kappa shape index (κ1) is 13.5. The number of benzene rings is 2. The molecule has 1 fully saturated rings. The van der Waals surface area contributed by atoms with Gasteiger partial charge < -0.3 is 5.32 Å². The van der Waals surface area contributed by atoms with E-state index in [1.54, 1.807) is 0 Å². The predicted molar refractivity (Wildman–Crippen MR) is 93.0 cm³/mol. The van der Waals surface area contributed by atoms with Gasteiger partial charge in [0.15, 0.2) is 0 Å². The summed E-state index contributed by atoms with van der Waals surface area (Å²) < 4.78 is 0. The van der Waals surface area contributed by atoms with E-state index in [4.69, 9.17) is 16.6 Å². The number of aromatic nitrogens is 2. The smallest absolute Gasteiger partial charge is 0.0897 e. The summed E-state index contributed by atoms with van der Waals surface area (Å²) in [6, 6.07) is 12.3. The van der Waals surface area contributed by atoms with Gasteiger partial charge in [-0.05, 0) is 53.6 Å². The Balaban J connectivity index is 1.65. The van der Waals surface area contributed by atoms with Crippen molar-refractivity contribution < 1.29 is 0 Å². The van der Waals surface area contributed by atoms with Gasteiger partial charge in [-0.15, -0.1) is 0 Å². The number of hydrogen-bond acceptors (Lipinski definition) is 3. The molecule has 1 saturated heterocycles. The van der Waals surface area contributed by atoms with Crippen LogP contribution in [0, 0.1) is 0 Å². The van der Waals surface area contributed by atoms with Crippen LogP contribution in [0.5, 0.6) is 0 Å². The van der Waals surface area contributed by atoms with Crippen molar-refractivity contribution in [1.29, 1.82) is 0 Å². The summed E-state index contributed by atoms with van der Waals surface area (Å²) >= 11 is 5.97. The highest BCUT2D eigenvalue weighted by Gasteiger charge is 2.34. The molecule has 1 aliphatic carbocycles. The number of nitrogens with zero attached hydrogens (tertiary/aromatic N) is 2. The Bertz CT molecular complexity index is 904. The maximum atomic E-state index is 5.97. The molecule has 3 nitrogen and oxygen atoms in total. The molecule has 5 rings (SSSR count). The van der Waals surface area contributed by atoms with Crippen LogP contribution in [0.1, 0.15) is 29.4 Å². The highest BCUT2D eigenvalue weighted by Crippen LogP contribution is 2.44. The first-order valence-electron chi connectivity index (χ1n) is 8.05. The molecular formula is C19H16ClN3. The molecule has 114 valence electrons. The number of rotatable bonds is 1. The fraction of sp³-hybridized carbons (Fsp3) is 0.263. The minimum atomic E-state index is 0.633. The fourth-order valence-corrected chi connectivity index (χ4v) is 4.10. The molecule has 23 heavy (non-hydrogen) atoms. The maximum Gasteiger partial charge on any atom is 0.0897 e. The van der Waals surface area contributed by atoms with E-state index in [1.165, 1.54) is 17.5 Å². The lowest BCUT2D eigenvalue weighted by atomic mass is 9.98. The van der Waals surface area contributed by atoms with Gasteiger partial charge in [0.05, 0.1) is 22.9 Å². The molecule has 0 spiro atoms. The number of piperidine rings is 1. The van der Waals surface area contributed by atoms with E-state index >= 15 is 0 Å². The number of nitrogens with one attached hydrogen (secondary N) is 1. The van der Waals surface area contributed by atoms with Gasteiger partial charge in [0.1, 0.15) is 0 Å². The average molecular weight is 322 g/mol. The topological polar surface area (TPSA) is 37.8 Å². The normalized spacial score (nSPS) is 22.3. The van der Waals surface area contributed by atoms with Crippen LogP contribution in [0.4, 0.5) is 0 Å². The Hall–Kier alpha value is -1.97. The zero-order valence-corrected chi connectivity index (χ0v) is 13.3. The van der Waals surface area contributed by atoms with E-state index in [0.29, 0.717) is 11.8 Å². The highest BCUT2D eigenvalue weighted by molar-refractivity contribution is 6.30. The van der Waals surface area contributed by atoms with Crippen LogP contribution >= 0.6 is 11.6 Å². The van der Waals surface area contributed by atoms with Crippen molar-refractivity contribution in [2.75, 3.05) is 13.1 Å². The van der Waals surface area contributed by atoms with Crippen LogP contribution in [0.25, 0.3) is 22.3 Å². The third-order valence-corrected chi connectivity index (χ3v) is 5.37. The molecule has 2 aromatic carbocycles. The second kappa shape index (κ2) is 5.02. The van der Waals surface area contributed by atoms with Gasteiger partial charge in [-0.1, -0.05) is 23.7 Å². The minimum absolute atomic E-state index is 0.633. The zero-order chi connectivity index (χ0) is 15.4. The molecule has 1 N–H and O–H groups in total. The number of hydrogen-bond donors (Lipinski definition) is 1. The Morgan fingerprint density at radius 3 is 2.39 bits per heavy atom. The Labute approximate surface area is 139 Å². The van der Waals surface area contributed by atoms with Crippen molar-refractivity contribution in [2.45, 2.75) is 18.3 Å². The van der Waals surface area contributed by atoms with Gasteiger partial charge in [0.2, 0.25) is 0 Å². The molecule has 2 atom stereocenters. The van der Waals surface area contributed by atoms with Crippen molar-refractivity contribution in [3.8, 4) is 11.3 Å². The van der Waals surface area contributed by atoms with Crippen LogP contribution in [-0.4, -0.2) is 23.1 Å². The second-order valence-electron chi connectivity index (χ2n) is 6.52. The largest absolute Gasteiger partial charge is 0.316 e. The van der Waals surface area contributed by atoms with Crippen molar-refractivity contribution in [2.24, 2.45) is 0 Å². The molecule has 1 aromatic heterocycles. The monoisotopic (exact) mass is 321 g/mol. The van der Waals surface area contributed by atoms with E-state index in [-0.39, 0.29) is 0 Å². The predicted octanol–water partition coefficient (Wildman–Crippen LogP) is 4.12. The van der Waals surface area contributed by atoms with Crippen molar-refractivity contribution in [3.63, 3.8) is 0 Å². The van der Waals surface area contributed by atoms with Crippen molar-refractivity contribution in [3.05, 3.63) is 58.7 Å². The number of halogens is 1. The lowest BCUT2D eigenvalue weighted by Gasteiger charge is -2.19. The molecule has 2 bridgehead atoms. The first-order valence-corrected chi connectivity index (χ1v) is 8.43. The molecule has 0 radical (unpaired) electrons. The van der Waals surface area contributed by atoms with Crippen molar-refractivity contribution in [1.82, 2.24) is 15.3 Å². The molecule has 4 heteroatoms. The zero-order valence-electron chi connectivity index (χ0n) is 12.6. The summed E-state index contributed by atoms with van der Waals surface area (Å²) in [7, 11) is 0. The second-order valence-corrected chi connectivity index (χ2v) is 6.96. The summed E-state index contributed by atoms with van der Waals surface area (Å²) in [5.74, 6) is 1.28. The summed E-state index contributed by atoms with van der Waals surface area (Å²) in [5, 5.41) is 4.27. The lowest BCUT2D eigenvalue weighted by Crippen LogP contribution is -2.28. The van der Waals surface area contributed by atoms with Gasteiger partial charge in [-0.25, -0.2) is 4.98 Å². The summed E-state index contributed by atoms with van der Waals surface area (Å²) in [5.41, 5.74) is 6.87. The Morgan fingerprint density at radius 1 is 0.957 bits per heavy atom. The highest BCUT2D eigenvalue weighted by atomic mass is 35.5. The van der Waals surface area contributed by atoms with Crippen LogP contribution in [0.2, 0.25) is 5.02 Å². The SMILES string of the molecule is Clc1ccc(-c2cnc3cc4c(cc3n2)C2CNCC4C2)cc1. The fourth-order valence-electron chi connectivity index (χ4n) is 3.97. The molecule has 3 aromatic rings. The summed E-state index contributed by atoms with van der Waals surface area (Å²) in [6.07, 6.45) is 3.12. The summed E-state index contributed by atoms with van der Waals surface area (Å²) in [4.78, 5) is 9.50. The van der Waals surface area contributed by atoms with E-state index in [1.807, 2.05) is 30.5 Å². The molecule has 2 aliphatic rings. The summed E-state index contributed by atoms with van der Waals surface area (Å²) in [6.45, 7) is 2.17. The van der Waals surface area contributed by atoms with Gasteiger partial charge in [-0.2, -0.15) is 0 Å². The Kier molecular flexibility index (Phi) is 2.94. The van der Waals surface area contributed by atoms with Gasteiger partial charge in [0.25, 0.3) is 0 Å². The third kappa shape index (κ3) is 2.15. The molecule has 2 unspecified atom stereocenters. The van der Waals surface area contributed by atoms with Gasteiger partial charge in [-0.3, -0.25) is 4.98 Å². The van der Waals surface area contributed by atoms with E-state index < -0.39 is 0 Å². The first-order chi connectivity index (χ1) is 11.3. The third-order valence-electron chi connectivity index (χ3n) is 5.12. The molecular weight excluding hydrogens is 306 g/mol.